The van der Waals surface area contributed by atoms with Gasteiger partial charge in [0.25, 0.3) is 0 Å². The number of aryl methyl sites for hydroxylation is 2. The molecule has 0 radical (unpaired) electrons. The largest absolute Gasteiger partial charge is 0.468 e. The molecular formula is C18H18F3N3O3. The van der Waals surface area contributed by atoms with E-state index in [0.29, 0.717) is 17.0 Å². The van der Waals surface area contributed by atoms with Gasteiger partial charge in [0.05, 0.1) is 0 Å². The Morgan fingerprint density at radius 2 is 1.93 bits per heavy atom. The van der Waals surface area contributed by atoms with Gasteiger partial charge in [0.2, 0.25) is 11.8 Å². The minimum Gasteiger partial charge on any atom is -0.468 e. The van der Waals surface area contributed by atoms with Gasteiger partial charge in [-0.3, -0.25) is 9.59 Å². The Hall–Kier alpha value is -2.97. The van der Waals surface area contributed by atoms with Crippen LogP contribution in [-0.2, 0) is 11.2 Å². The summed E-state index contributed by atoms with van der Waals surface area (Å²) in [6, 6.07) is 7.53. The van der Waals surface area contributed by atoms with Crippen LogP contribution in [0.25, 0.3) is 0 Å². The standard InChI is InChI=1S/C18H18F3N3O3/c1-11-8-13(9-16(22-11)23-12(2)25)15(26)7-6-14-4-3-5-17(24-14)27-10-18(19,20)21/h3-5,8-9H,6-7,10H2,1-2H3,(H,22,23,25). The number of anilines is 1. The SMILES string of the molecule is CC(=O)Nc1cc(C(=O)CCc2cccc(OCC(F)(F)F)n2)cc(C)n1. The van der Waals surface area contributed by atoms with Crippen molar-refractivity contribution in [1.29, 1.82) is 0 Å². The summed E-state index contributed by atoms with van der Waals surface area (Å²) < 4.78 is 41.2. The number of rotatable bonds is 7. The van der Waals surface area contributed by atoms with Crippen LogP contribution in [0.1, 0.15) is 35.1 Å². The zero-order valence-electron chi connectivity index (χ0n) is 14.8. The molecule has 0 unspecified atom stereocenters. The second-order valence-corrected chi connectivity index (χ2v) is 5.86. The molecule has 2 heterocycles. The highest BCUT2D eigenvalue weighted by atomic mass is 19.4. The van der Waals surface area contributed by atoms with Crippen molar-refractivity contribution >= 4 is 17.5 Å². The number of nitrogens with one attached hydrogen (secondary N) is 1. The number of ketones is 1. The molecule has 6 nitrogen and oxygen atoms in total. The van der Waals surface area contributed by atoms with Gasteiger partial charge >= 0.3 is 6.18 Å². The Labute approximate surface area is 153 Å². The van der Waals surface area contributed by atoms with E-state index in [1.54, 1.807) is 19.1 Å². The number of pyridine rings is 2. The van der Waals surface area contributed by atoms with Crippen LogP contribution in [0.4, 0.5) is 19.0 Å². The number of alkyl halides is 3. The van der Waals surface area contributed by atoms with E-state index in [-0.39, 0.29) is 36.2 Å². The van der Waals surface area contributed by atoms with Gasteiger partial charge in [0.15, 0.2) is 12.4 Å². The molecule has 0 aliphatic rings. The monoisotopic (exact) mass is 381 g/mol. The Kier molecular flexibility index (Phi) is 6.49. The fourth-order valence-electron chi connectivity index (χ4n) is 2.29. The van der Waals surface area contributed by atoms with Crippen molar-refractivity contribution in [3.8, 4) is 5.88 Å². The summed E-state index contributed by atoms with van der Waals surface area (Å²) in [5.74, 6) is -0.363. The smallest absolute Gasteiger partial charge is 0.422 e. The van der Waals surface area contributed by atoms with Crippen molar-refractivity contribution in [1.82, 2.24) is 9.97 Å². The molecule has 0 fully saturated rings. The van der Waals surface area contributed by atoms with Crippen LogP contribution in [0.2, 0.25) is 0 Å². The number of carbonyl (C=O) groups excluding carboxylic acids is 2. The van der Waals surface area contributed by atoms with Gasteiger partial charge in [0.1, 0.15) is 5.82 Å². The fraction of sp³-hybridized carbons (Fsp3) is 0.333. The lowest BCUT2D eigenvalue weighted by molar-refractivity contribution is -0.154. The van der Waals surface area contributed by atoms with Gasteiger partial charge in [-0.05, 0) is 31.5 Å². The number of aromatic nitrogens is 2. The summed E-state index contributed by atoms with van der Waals surface area (Å²) in [6.45, 7) is 1.61. The normalized spacial score (nSPS) is 11.1. The number of Topliss-reactive ketones (excluding diaryl/α,β-unsaturated/α-hetero) is 1. The topological polar surface area (TPSA) is 81.2 Å². The summed E-state index contributed by atoms with van der Waals surface area (Å²) >= 11 is 0. The van der Waals surface area contributed by atoms with Crippen molar-refractivity contribution in [2.75, 3.05) is 11.9 Å². The molecule has 0 bridgehead atoms. The molecule has 2 aromatic heterocycles. The maximum absolute atomic E-state index is 12.4. The maximum atomic E-state index is 12.4. The van der Waals surface area contributed by atoms with E-state index in [1.807, 2.05) is 0 Å². The van der Waals surface area contributed by atoms with Gasteiger partial charge < -0.3 is 10.1 Å². The van der Waals surface area contributed by atoms with Gasteiger partial charge in [-0.1, -0.05) is 6.07 Å². The number of hydrogen-bond donors (Lipinski definition) is 1. The van der Waals surface area contributed by atoms with Crippen molar-refractivity contribution in [3.63, 3.8) is 0 Å². The van der Waals surface area contributed by atoms with Crippen molar-refractivity contribution in [2.45, 2.75) is 32.9 Å². The molecule has 0 saturated heterocycles. The second kappa shape index (κ2) is 8.61. The molecule has 0 aliphatic heterocycles. The molecule has 9 heteroatoms. The molecule has 0 atom stereocenters. The molecule has 0 aliphatic carbocycles. The third kappa shape index (κ3) is 7.04. The molecule has 27 heavy (non-hydrogen) atoms. The van der Waals surface area contributed by atoms with Crippen LogP contribution in [0, 0.1) is 6.92 Å². The zero-order chi connectivity index (χ0) is 20.0. The van der Waals surface area contributed by atoms with Gasteiger partial charge in [0, 0.05) is 36.4 Å². The second-order valence-electron chi connectivity index (χ2n) is 5.86. The number of halogens is 3. The lowest BCUT2D eigenvalue weighted by Crippen LogP contribution is -2.19. The summed E-state index contributed by atoms with van der Waals surface area (Å²) in [5.41, 5.74) is 1.40. The zero-order valence-corrected chi connectivity index (χ0v) is 14.8. The van der Waals surface area contributed by atoms with Gasteiger partial charge in [-0.25, -0.2) is 9.97 Å². The molecule has 1 amide bonds. The van der Waals surface area contributed by atoms with E-state index in [1.165, 1.54) is 25.1 Å². The molecule has 144 valence electrons. The predicted octanol–water partition coefficient (Wildman–Crippen LogP) is 3.50. The highest BCUT2D eigenvalue weighted by molar-refractivity contribution is 5.98. The van der Waals surface area contributed by atoms with Crippen LogP contribution in [-0.4, -0.2) is 34.4 Å². The van der Waals surface area contributed by atoms with Crippen LogP contribution >= 0.6 is 0 Å². The summed E-state index contributed by atoms with van der Waals surface area (Å²) in [5, 5.41) is 2.53. The van der Waals surface area contributed by atoms with E-state index in [2.05, 4.69) is 20.0 Å². The quantitative estimate of drug-likeness (QED) is 0.743. The van der Waals surface area contributed by atoms with E-state index in [4.69, 9.17) is 0 Å². The first kappa shape index (κ1) is 20.3. The van der Waals surface area contributed by atoms with Crippen LogP contribution < -0.4 is 10.1 Å². The average molecular weight is 381 g/mol. The van der Waals surface area contributed by atoms with Crippen molar-refractivity contribution in [2.24, 2.45) is 0 Å². The van der Waals surface area contributed by atoms with E-state index < -0.39 is 12.8 Å². The van der Waals surface area contributed by atoms with Gasteiger partial charge in [-0.15, -0.1) is 0 Å². The molecular weight excluding hydrogens is 363 g/mol. The van der Waals surface area contributed by atoms with E-state index in [9.17, 15) is 22.8 Å². The van der Waals surface area contributed by atoms with E-state index >= 15 is 0 Å². The number of hydrogen-bond acceptors (Lipinski definition) is 5. The minimum absolute atomic E-state index is 0.0959. The first-order valence-electron chi connectivity index (χ1n) is 8.07. The van der Waals surface area contributed by atoms with Crippen LogP contribution in [0.3, 0.4) is 0 Å². The fourth-order valence-corrected chi connectivity index (χ4v) is 2.29. The van der Waals surface area contributed by atoms with Crippen LogP contribution in [0.5, 0.6) is 5.88 Å². The van der Waals surface area contributed by atoms with E-state index in [0.717, 1.165) is 0 Å². The molecule has 2 rings (SSSR count). The Morgan fingerprint density at radius 1 is 1.19 bits per heavy atom. The molecule has 0 saturated carbocycles. The molecule has 0 spiro atoms. The Balaban J connectivity index is 2.01. The number of ether oxygens (including phenoxy) is 1. The average Bonchev–Trinajstić information content (AvgIpc) is 2.56. The predicted molar refractivity (Wildman–Crippen MR) is 91.7 cm³/mol. The van der Waals surface area contributed by atoms with Gasteiger partial charge in [-0.2, -0.15) is 13.2 Å². The third-order valence-corrected chi connectivity index (χ3v) is 3.35. The third-order valence-electron chi connectivity index (χ3n) is 3.35. The first-order chi connectivity index (χ1) is 12.6. The first-order valence-corrected chi connectivity index (χ1v) is 8.07. The Morgan fingerprint density at radius 3 is 2.59 bits per heavy atom. The minimum atomic E-state index is -4.45. The summed E-state index contributed by atoms with van der Waals surface area (Å²) in [6.07, 6.45) is -4.12. The van der Waals surface area contributed by atoms with Crippen molar-refractivity contribution in [3.05, 3.63) is 47.3 Å². The number of nitrogens with zero attached hydrogens (tertiary/aromatic N) is 2. The Bertz CT molecular complexity index is 838. The lowest BCUT2D eigenvalue weighted by atomic mass is 10.1. The summed E-state index contributed by atoms with van der Waals surface area (Å²) in [7, 11) is 0. The summed E-state index contributed by atoms with van der Waals surface area (Å²) in [4.78, 5) is 31.6. The van der Waals surface area contributed by atoms with Crippen molar-refractivity contribution < 1.29 is 27.5 Å². The lowest BCUT2D eigenvalue weighted by Gasteiger charge is -2.09. The highest BCUT2D eigenvalue weighted by Crippen LogP contribution is 2.18. The maximum Gasteiger partial charge on any atom is 0.422 e. The number of carbonyl (C=O) groups is 2. The molecule has 0 aromatic carbocycles. The highest BCUT2D eigenvalue weighted by Gasteiger charge is 2.28. The van der Waals surface area contributed by atoms with Crippen LogP contribution in [0.15, 0.2) is 30.3 Å². The molecule has 2 aromatic rings. The molecule has 1 N–H and O–H groups in total. The number of amides is 1.